The molecule has 0 bridgehead atoms. The fourth-order valence-electron chi connectivity index (χ4n) is 1.72. The maximum atomic E-state index is 10.4. The number of hydrogen-bond donors (Lipinski definition) is 1. The summed E-state index contributed by atoms with van der Waals surface area (Å²) >= 11 is 0. The van der Waals surface area contributed by atoms with Crippen molar-refractivity contribution in [3.05, 3.63) is 39.9 Å². The zero-order valence-electron chi connectivity index (χ0n) is 8.83. The molecule has 1 unspecified atom stereocenters. The van der Waals surface area contributed by atoms with Crippen molar-refractivity contribution in [2.75, 3.05) is 0 Å². The molecule has 0 radical (unpaired) electrons. The predicted molar refractivity (Wildman–Crippen MR) is 64.7 cm³/mol. The Morgan fingerprint density at radius 2 is 1.94 bits per heavy atom. The van der Waals surface area contributed by atoms with E-state index >= 15 is 0 Å². The molecule has 0 saturated heterocycles. The molecule has 1 atom stereocenters. The van der Waals surface area contributed by atoms with Crippen molar-refractivity contribution in [1.29, 1.82) is 0 Å². The maximum Gasteiger partial charge on any atom is 0.269 e. The summed E-state index contributed by atoms with van der Waals surface area (Å²) in [5, 5.41) is 10.4. The zero-order chi connectivity index (χ0) is 10.8. The third-order valence-electron chi connectivity index (χ3n) is 2.85. The molecule has 1 aromatic rings. The van der Waals surface area contributed by atoms with Crippen LogP contribution in [0.15, 0.2) is 24.3 Å². The van der Waals surface area contributed by atoms with E-state index < -0.39 is 0 Å². The van der Waals surface area contributed by atoms with Crippen molar-refractivity contribution in [3.63, 3.8) is 0 Å². The summed E-state index contributed by atoms with van der Waals surface area (Å²) in [6, 6.07) is 6.87. The van der Waals surface area contributed by atoms with Crippen LogP contribution in [0.5, 0.6) is 0 Å². The van der Waals surface area contributed by atoms with E-state index in [-0.39, 0.29) is 29.1 Å². The third kappa shape index (κ3) is 3.18. The molecule has 0 heterocycles. The Morgan fingerprint density at radius 1 is 1.38 bits per heavy atom. The SMILES string of the molecule is Cl.NC(Cc1ccc([N+](=O)[O-])cc1)C1CC1. The second kappa shape index (κ2) is 5.27. The molecule has 88 valence electrons. The summed E-state index contributed by atoms with van der Waals surface area (Å²) in [6.07, 6.45) is 3.28. The molecule has 1 aromatic carbocycles. The quantitative estimate of drug-likeness (QED) is 0.651. The summed E-state index contributed by atoms with van der Waals surface area (Å²) in [6.45, 7) is 0. The van der Waals surface area contributed by atoms with Gasteiger partial charge in [-0.25, -0.2) is 0 Å². The highest BCUT2D eigenvalue weighted by Gasteiger charge is 2.28. The summed E-state index contributed by atoms with van der Waals surface area (Å²) in [7, 11) is 0. The van der Waals surface area contributed by atoms with Crippen LogP contribution in [0.4, 0.5) is 5.69 Å². The van der Waals surface area contributed by atoms with Crippen molar-refractivity contribution < 1.29 is 4.92 Å². The van der Waals surface area contributed by atoms with Gasteiger partial charge in [-0.15, -0.1) is 12.4 Å². The van der Waals surface area contributed by atoms with Crippen LogP contribution < -0.4 is 5.73 Å². The minimum atomic E-state index is -0.384. The van der Waals surface area contributed by atoms with Crippen molar-refractivity contribution in [2.24, 2.45) is 11.7 Å². The number of halogens is 1. The average Bonchev–Trinajstić information content (AvgIpc) is 3.01. The molecule has 2 rings (SSSR count). The van der Waals surface area contributed by atoms with E-state index in [0.29, 0.717) is 5.92 Å². The topological polar surface area (TPSA) is 69.2 Å². The first-order valence-electron chi connectivity index (χ1n) is 5.16. The first-order valence-corrected chi connectivity index (χ1v) is 5.16. The second-order valence-electron chi connectivity index (χ2n) is 4.13. The van der Waals surface area contributed by atoms with Gasteiger partial charge in [-0.1, -0.05) is 12.1 Å². The highest BCUT2D eigenvalue weighted by atomic mass is 35.5. The number of rotatable bonds is 4. The van der Waals surface area contributed by atoms with Crippen LogP contribution in [0.3, 0.4) is 0 Å². The van der Waals surface area contributed by atoms with Gasteiger partial charge in [0.05, 0.1) is 4.92 Å². The first-order chi connectivity index (χ1) is 7.16. The third-order valence-corrected chi connectivity index (χ3v) is 2.85. The van der Waals surface area contributed by atoms with Gasteiger partial charge in [0, 0.05) is 18.2 Å². The van der Waals surface area contributed by atoms with Gasteiger partial charge in [0.15, 0.2) is 0 Å². The highest BCUT2D eigenvalue weighted by molar-refractivity contribution is 5.85. The normalized spacial score (nSPS) is 16.3. The van der Waals surface area contributed by atoms with Gasteiger partial charge in [0.25, 0.3) is 5.69 Å². The van der Waals surface area contributed by atoms with Crippen LogP contribution in [0.2, 0.25) is 0 Å². The number of nitro groups is 1. The van der Waals surface area contributed by atoms with E-state index in [1.54, 1.807) is 12.1 Å². The average molecular weight is 243 g/mol. The number of benzene rings is 1. The van der Waals surface area contributed by atoms with Gasteiger partial charge in [-0.05, 0) is 30.7 Å². The highest BCUT2D eigenvalue weighted by Crippen LogP contribution is 2.32. The fourth-order valence-corrected chi connectivity index (χ4v) is 1.72. The zero-order valence-corrected chi connectivity index (χ0v) is 9.65. The molecule has 2 N–H and O–H groups in total. The lowest BCUT2D eigenvalue weighted by molar-refractivity contribution is -0.384. The lowest BCUT2D eigenvalue weighted by atomic mass is 10.0. The van der Waals surface area contributed by atoms with E-state index in [0.717, 1.165) is 12.0 Å². The molecular weight excluding hydrogens is 228 g/mol. The number of non-ortho nitro benzene ring substituents is 1. The summed E-state index contributed by atoms with van der Waals surface area (Å²) in [5.41, 5.74) is 7.20. The first kappa shape index (κ1) is 12.9. The Kier molecular flexibility index (Phi) is 4.26. The lowest BCUT2D eigenvalue weighted by Gasteiger charge is -2.09. The monoisotopic (exact) mass is 242 g/mol. The van der Waals surface area contributed by atoms with Crippen molar-refractivity contribution in [2.45, 2.75) is 25.3 Å². The Labute approximate surface area is 100 Å². The predicted octanol–water partition coefficient (Wildman–Crippen LogP) is 2.30. The van der Waals surface area contributed by atoms with Gasteiger partial charge in [0.1, 0.15) is 0 Å². The van der Waals surface area contributed by atoms with Gasteiger partial charge in [0.2, 0.25) is 0 Å². The molecule has 1 fully saturated rings. The summed E-state index contributed by atoms with van der Waals surface area (Å²) < 4.78 is 0. The standard InChI is InChI=1S/C11H14N2O2.ClH/c12-11(9-3-4-9)7-8-1-5-10(6-2-8)13(14)15;/h1-2,5-6,9,11H,3-4,7,12H2;1H. The van der Waals surface area contributed by atoms with E-state index in [1.165, 1.54) is 25.0 Å². The van der Waals surface area contributed by atoms with Gasteiger partial charge >= 0.3 is 0 Å². The summed E-state index contributed by atoms with van der Waals surface area (Å²) in [4.78, 5) is 10.0. The molecule has 4 nitrogen and oxygen atoms in total. The molecule has 1 saturated carbocycles. The lowest BCUT2D eigenvalue weighted by Crippen LogP contribution is -2.24. The molecule has 0 aromatic heterocycles. The van der Waals surface area contributed by atoms with Gasteiger partial charge in [-0.2, -0.15) is 0 Å². The Balaban J connectivity index is 0.00000128. The van der Waals surface area contributed by atoms with E-state index in [1.807, 2.05) is 0 Å². The smallest absolute Gasteiger partial charge is 0.269 e. The van der Waals surface area contributed by atoms with Crippen LogP contribution in [0, 0.1) is 16.0 Å². The Bertz CT molecular complexity index is 363. The van der Waals surface area contributed by atoms with E-state index in [4.69, 9.17) is 5.73 Å². The van der Waals surface area contributed by atoms with Crippen molar-refractivity contribution in [1.82, 2.24) is 0 Å². The minimum Gasteiger partial charge on any atom is -0.327 e. The largest absolute Gasteiger partial charge is 0.327 e. The molecule has 16 heavy (non-hydrogen) atoms. The molecule has 0 aliphatic heterocycles. The van der Waals surface area contributed by atoms with Crippen LogP contribution in [-0.2, 0) is 6.42 Å². The Morgan fingerprint density at radius 3 is 2.38 bits per heavy atom. The number of hydrogen-bond acceptors (Lipinski definition) is 3. The fraction of sp³-hybridized carbons (Fsp3) is 0.455. The molecule has 0 amide bonds. The molecular formula is C11H15ClN2O2. The van der Waals surface area contributed by atoms with Crippen LogP contribution in [-0.4, -0.2) is 11.0 Å². The summed E-state index contributed by atoms with van der Waals surface area (Å²) in [5.74, 6) is 0.667. The molecule has 1 aliphatic carbocycles. The number of nitro benzene ring substituents is 1. The van der Waals surface area contributed by atoms with Crippen LogP contribution in [0.1, 0.15) is 18.4 Å². The molecule has 1 aliphatic rings. The maximum absolute atomic E-state index is 10.4. The van der Waals surface area contributed by atoms with Gasteiger partial charge in [-0.3, -0.25) is 10.1 Å². The minimum absolute atomic E-state index is 0. The molecule has 0 spiro atoms. The van der Waals surface area contributed by atoms with E-state index in [2.05, 4.69) is 0 Å². The van der Waals surface area contributed by atoms with Gasteiger partial charge < -0.3 is 5.73 Å². The number of nitrogens with two attached hydrogens (primary N) is 1. The van der Waals surface area contributed by atoms with Crippen LogP contribution >= 0.6 is 12.4 Å². The van der Waals surface area contributed by atoms with Crippen LogP contribution in [0.25, 0.3) is 0 Å². The molecule has 5 heteroatoms. The van der Waals surface area contributed by atoms with Crippen molar-refractivity contribution >= 4 is 18.1 Å². The van der Waals surface area contributed by atoms with E-state index in [9.17, 15) is 10.1 Å². The Hall–Kier alpha value is -1.13. The van der Waals surface area contributed by atoms with Crippen molar-refractivity contribution in [3.8, 4) is 0 Å². The second-order valence-corrected chi connectivity index (χ2v) is 4.13. The number of nitrogens with zero attached hydrogens (tertiary/aromatic N) is 1.